The topological polar surface area (TPSA) is 133 Å². The zero-order chi connectivity index (χ0) is 39.7. The number of rotatable bonds is 17. The van der Waals surface area contributed by atoms with Crippen molar-refractivity contribution < 1.29 is 47.6 Å². The Morgan fingerprint density at radius 1 is 1.07 bits per heavy atom. The van der Waals surface area contributed by atoms with Gasteiger partial charge in [-0.3, -0.25) is 10.1 Å². The van der Waals surface area contributed by atoms with Crippen molar-refractivity contribution >= 4 is 31.7 Å². The third kappa shape index (κ3) is 14.0. The smallest absolute Gasteiger partial charge is 0.338 e. The lowest BCUT2D eigenvalue weighted by molar-refractivity contribution is -0.146. The fraction of sp³-hybridized carbons (Fsp3) is 0.634. The number of aliphatic hydroxyl groups excluding tert-OH is 1. The molecule has 306 valence electrons. The maximum atomic E-state index is 13.4. The van der Waals surface area contributed by atoms with Crippen LogP contribution in [0.25, 0.3) is 0 Å². The highest BCUT2D eigenvalue weighted by atomic mass is 32.1. The molecule has 13 heteroatoms. The maximum absolute atomic E-state index is 13.4. The van der Waals surface area contributed by atoms with Crippen molar-refractivity contribution in [2.24, 2.45) is 10.8 Å². The first-order valence-corrected chi connectivity index (χ1v) is 18.5. The van der Waals surface area contributed by atoms with Gasteiger partial charge in [-0.15, -0.1) is 0 Å². The number of aliphatic hydroxyl groups is 1. The van der Waals surface area contributed by atoms with E-state index in [4.69, 9.17) is 28.8 Å². The van der Waals surface area contributed by atoms with Crippen LogP contribution in [0, 0.1) is 10.8 Å². The van der Waals surface area contributed by atoms with Crippen molar-refractivity contribution in [3.8, 4) is 0 Å². The lowest BCUT2D eigenvalue weighted by Gasteiger charge is -2.35. The van der Waals surface area contributed by atoms with Crippen molar-refractivity contribution in [3.05, 3.63) is 71.8 Å². The Bertz CT molecular complexity index is 1370. The van der Waals surface area contributed by atoms with Gasteiger partial charge < -0.3 is 38.5 Å². The maximum Gasteiger partial charge on any atom is 0.338 e. The van der Waals surface area contributed by atoms with Gasteiger partial charge >= 0.3 is 5.97 Å². The number of hydrogen-bond acceptors (Lipinski definition) is 10. The van der Waals surface area contributed by atoms with Gasteiger partial charge in [0, 0.05) is 31.4 Å². The van der Waals surface area contributed by atoms with Crippen LogP contribution >= 0.6 is 13.5 Å². The predicted molar refractivity (Wildman–Crippen MR) is 212 cm³/mol. The normalized spacial score (nSPS) is 24.5. The number of carbonyl (C=O) groups is 3. The Hall–Kier alpha value is -2.91. The summed E-state index contributed by atoms with van der Waals surface area (Å²) in [5.41, 5.74) is 0.309. The minimum Gasteiger partial charge on any atom is -0.461 e. The molecule has 0 aliphatic carbocycles. The third-order valence-electron chi connectivity index (χ3n) is 10.4. The second kappa shape index (κ2) is 23.9. The zero-order valence-corrected chi connectivity index (χ0v) is 34.6. The number of likely N-dealkylation sites (N-methyl/N-ethyl adjacent to an activating group) is 1. The van der Waals surface area contributed by atoms with Crippen molar-refractivity contribution in [3.63, 3.8) is 0 Å². The summed E-state index contributed by atoms with van der Waals surface area (Å²) in [5, 5.41) is 12.5. The summed E-state index contributed by atoms with van der Waals surface area (Å²) in [7, 11) is 3.45. The van der Waals surface area contributed by atoms with Gasteiger partial charge in [-0.2, -0.15) is 13.5 Å². The van der Waals surface area contributed by atoms with E-state index in [0.29, 0.717) is 31.6 Å². The van der Waals surface area contributed by atoms with E-state index in [9.17, 15) is 18.8 Å². The highest BCUT2D eigenvalue weighted by Crippen LogP contribution is 2.43. The highest BCUT2D eigenvalue weighted by Gasteiger charge is 2.51. The van der Waals surface area contributed by atoms with Crippen LogP contribution in [0.5, 0.6) is 0 Å². The van der Waals surface area contributed by atoms with Crippen LogP contribution < -0.4 is 5.32 Å². The zero-order valence-electron chi connectivity index (χ0n) is 33.6. The van der Waals surface area contributed by atoms with E-state index in [1.165, 1.54) is 5.56 Å². The van der Waals surface area contributed by atoms with Gasteiger partial charge in [0.2, 0.25) is 5.91 Å². The molecule has 11 nitrogen and oxygen atoms in total. The first-order valence-electron chi connectivity index (χ1n) is 18.5. The minimum absolute atomic E-state index is 0. The number of nitrogens with zero attached hydrogens (tertiary/aromatic N) is 1. The number of amides is 1. The number of methoxy groups -OCH3 is 1. The number of aldehydes is 1. The monoisotopic (exact) mass is 780 g/mol. The van der Waals surface area contributed by atoms with E-state index in [-0.39, 0.29) is 63.1 Å². The Morgan fingerprint density at radius 3 is 2.17 bits per heavy atom. The summed E-state index contributed by atoms with van der Waals surface area (Å²) >= 11 is 0. The molecule has 0 spiro atoms. The van der Waals surface area contributed by atoms with Gasteiger partial charge in [0.25, 0.3) is 0 Å². The Kier molecular flexibility index (Phi) is 21.7. The summed E-state index contributed by atoms with van der Waals surface area (Å²) < 4.78 is 40.0. The van der Waals surface area contributed by atoms with Crippen LogP contribution in [0.2, 0.25) is 0 Å². The molecule has 0 radical (unpaired) electrons. The molecule has 1 amide bonds. The lowest BCUT2D eigenvalue weighted by atomic mass is 9.78. The predicted octanol–water partition coefficient (Wildman–Crippen LogP) is 6.23. The van der Waals surface area contributed by atoms with Crippen molar-refractivity contribution in [2.75, 3.05) is 40.8 Å². The summed E-state index contributed by atoms with van der Waals surface area (Å²) in [6.07, 6.45) is 1.04. The van der Waals surface area contributed by atoms with Crippen molar-refractivity contribution in [1.29, 1.82) is 0 Å². The van der Waals surface area contributed by atoms with E-state index >= 15 is 0 Å². The number of carbonyl (C=O) groups excluding carboxylic acids is 3. The van der Waals surface area contributed by atoms with E-state index in [1.807, 2.05) is 79.8 Å². The van der Waals surface area contributed by atoms with Gasteiger partial charge in [-0.05, 0) is 57.2 Å². The molecule has 2 aromatic carbocycles. The van der Waals surface area contributed by atoms with Gasteiger partial charge in [0.15, 0.2) is 12.5 Å². The number of nitrogens with one attached hydrogen (secondary N) is 1. The molecule has 0 aromatic heterocycles. The molecular weight excluding hydrogens is 716 g/mol. The molecule has 0 bridgehead atoms. The number of halogens is 1. The summed E-state index contributed by atoms with van der Waals surface area (Å²) in [5.74, 6) is -0.238. The van der Waals surface area contributed by atoms with Crippen LogP contribution in [0.4, 0.5) is 4.39 Å². The second-order valence-electron chi connectivity index (χ2n) is 14.6. The molecule has 7 atom stereocenters. The van der Waals surface area contributed by atoms with Crippen molar-refractivity contribution in [2.45, 2.75) is 117 Å². The molecule has 2 saturated heterocycles. The minimum atomic E-state index is -1.24. The molecule has 4 rings (SSSR count). The van der Waals surface area contributed by atoms with Crippen LogP contribution in [0.1, 0.15) is 90.1 Å². The summed E-state index contributed by atoms with van der Waals surface area (Å²) in [4.78, 5) is 37.0. The molecule has 2 aliphatic heterocycles. The second-order valence-corrected chi connectivity index (χ2v) is 14.6. The fourth-order valence-electron chi connectivity index (χ4n) is 6.47. The third-order valence-corrected chi connectivity index (χ3v) is 10.4. The molecule has 2 fully saturated rings. The molecule has 54 heavy (non-hydrogen) atoms. The van der Waals surface area contributed by atoms with Crippen LogP contribution in [-0.4, -0.2) is 105 Å². The first-order chi connectivity index (χ1) is 25.1. The Morgan fingerprint density at radius 2 is 1.69 bits per heavy atom. The number of ether oxygens (including phenoxy) is 5. The average Bonchev–Trinajstić information content (AvgIpc) is 3.50. The van der Waals surface area contributed by atoms with Gasteiger partial charge in [-0.25, -0.2) is 9.18 Å². The first kappa shape index (κ1) is 49.1. The summed E-state index contributed by atoms with van der Waals surface area (Å²) in [6.45, 7) is 14.7. The SMILES string of the molecule is CC[C@@H](OCOCCOC)[C@](C)(CC=O)COC(=O)c1ccccc1.CC[C@H]1OC(O)[C@@H](F)[C@]1(C)CC.CN1C(=O)[C@H](Cc2ccccc2)NC1(C)C.S. The van der Waals surface area contributed by atoms with Gasteiger partial charge in [-0.1, -0.05) is 83.1 Å². The lowest BCUT2D eigenvalue weighted by Crippen LogP contribution is -2.45. The molecule has 2 heterocycles. The molecule has 2 aromatic rings. The van der Waals surface area contributed by atoms with Crippen LogP contribution in [-0.2, 0) is 39.7 Å². The van der Waals surface area contributed by atoms with Crippen LogP contribution in [0.3, 0.4) is 0 Å². The van der Waals surface area contributed by atoms with Gasteiger partial charge in [0.05, 0.1) is 49.3 Å². The fourth-order valence-corrected chi connectivity index (χ4v) is 6.47. The van der Waals surface area contributed by atoms with Crippen molar-refractivity contribution in [1.82, 2.24) is 10.2 Å². The van der Waals surface area contributed by atoms with E-state index in [1.54, 1.807) is 36.3 Å². The molecule has 2 aliphatic rings. The summed E-state index contributed by atoms with van der Waals surface area (Å²) in [6, 6.07) is 18.8. The molecule has 2 N–H and O–H groups in total. The van der Waals surface area contributed by atoms with E-state index in [2.05, 4.69) is 17.4 Å². The number of hydrogen-bond donors (Lipinski definition) is 2. The average molecular weight is 781 g/mol. The van der Waals surface area contributed by atoms with Crippen LogP contribution in [0.15, 0.2) is 60.7 Å². The Labute approximate surface area is 329 Å². The highest BCUT2D eigenvalue weighted by molar-refractivity contribution is 7.59. The van der Waals surface area contributed by atoms with E-state index in [0.717, 1.165) is 19.1 Å². The standard InChI is InChI=1S/C19H28O6.C13H18N2O.C9H17FO2.H2S/c1-4-17(25-15-23-13-12-22-3)19(2,10-11-20)14-24-18(21)16-8-6-5-7-9-16;1-13(2)14-11(12(16)15(13)3)9-10-7-5-4-6-8-10;1-4-6-9(3,5-2)7(10)8(11)12-6;/h5-9,11,17H,4,10,12-15H2,1-3H3;4-8,11,14H,9H2,1-3H3;6-8,11H,4-5H2,1-3H3;1H2/t17-,19-;11-;6-,7-,8?,9-;/m101./s1. The number of benzene rings is 2. The molecule has 0 saturated carbocycles. The molecular formula is C41H65FN2O9S. The largest absolute Gasteiger partial charge is 0.461 e. The van der Waals surface area contributed by atoms with E-state index < -0.39 is 29.3 Å². The molecule has 1 unspecified atom stereocenters. The quantitative estimate of drug-likeness (QED) is 0.0825. The number of alkyl halides is 1. The Balaban J connectivity index is 0.000000431. The van der Waals surface area contributed by atoms with Gasteiger partial charge in [0.1, 0.15) is 13.1 Å². The number of esters is 1.